The Kier molecular flexibility index (Phi) is 5.51. The van der Waals surface area contributed by atoms with E-state index >= 15 is 0 Å². The van der Waals surface area contributed by atoms with Gasteiger partial charge in [-0.05, 0) is 46.7 Å². The number of carbonyl (C=O) groups excluding carboxylic acids is 1. The minimum atomic E-state index is -1.03. The van der Waals surface area contributed by atoms with Crippen LogP contribution in [0.1, 0.15) is 16.1 Å². The van der Waals surface area contributed by atoms with Gasteiger partial charge in [-0.3, -0.25) is 4.79 Å². The second kappa shape index (κ2) is 8.94. The van der Waals surface area contributed by atoms with Crippen LogP contribution in [-0.2, 0) is 11.3 Å². The average Bonchev–Trinajstić information content (AvgIpc) is 3.58. The number of rotatable bonds is 7. The number of hydrogen-bond donors (Lipinski definition) is 3. The van der Waals surface area contributed by atoms with Crippen LogP contribution in [0.4, 0.5) is 5.82 Å². The highest BCUT2D eigenvalue weighted by atomic mass is 16.6. The molecule has 4 N–H and O–H groups in total. The highest BCUT2D eigenvalue weighted by molar-refractivity contribution is 5.89. The normalized spacial score (nSPS) is 11.3. The monoisotopic (exact) mass is 471 g/mol. The molecule has 12 nitrogen and oxygen atoms in total. The zero-order valence-electron chi connectivity index (χ0n) is 18.0. The second-order valence-corrected chi connectivity index (χ2v) is 7.39. The highest BCUT2D eigenvalue weighted by Gasteiger charge is 2.20. The van der Waals surface area contributed by atoms with Gasteiger partial charge in [0, 0.05) is 5.56 Å². The predicted molar refractivity (Wildman–Crippen MR) is 124 cm³/mol. The number of hydrogen-bond acceptors (Lipinski definition) is 9. The number of carboxylic acid groups (broad SMARTS) is 1. The SMILES string of the molecule is Nc1nonc1-c1nc2ccccc2n1CC(=O)NN=Cc1ccc(-c2cccc(C(=O)O)c2)o1. The molecule has 5 rings (SSSR count). The van der Waals surface area contributed by atoms with Crippen molar-refractivity contribution in [3.63, 3.8) is 0 Å². The fourth-order valence-electron chi connectivity index (χ4n) is 3.50. The largest absolute Gasteiger partial charge is 0.478 e. The van der Waals surface area contributed by atoms with E-state index in [4.69, 9.17) is 15.3 Å². The minimum Gasteiger partial charge on any atom is -0.478 e. The number of imidazole rings is 1. The Morgan fingerprint density at radius 2 is 1.97 bits per heavy atom. The number of carbonyl (C=O) groups is 2. The van der Waals surface area contributed by atoms with E-state index in [-0.39, 0.29) is 23.6 Å². The molecular formula is C23H17N7O5. The highest BCUT2D eigenvalue weighted by Crippen LogP contribution is 2.26. The molecule has 0 atom stereocenters. The Hall–Kier alpha value is -5.26. The maximum atomic E-state index is 12.6. The lowest BCUT2D eigenvalue weighted by atomic mass is 10.1. The van der Waals surface area contributed by atoms with Crippen LogP contribution in [0, 0.1) is 0 Å². The van der Waals surface area contributed by atoms with Gasteiger partial charge < -0.3 is 19.8 Å². The Labute approximate surface area is 196 Å². The Morgan fingerprint density at radius 3 is 2.77 bits per heavy atom. The van der Waals surface area contributed by atoms with Crippen LogP contribution < -0.4 is 11.2 Å². The van der Waals surface area contributed by atoms with Crippen molar-refractivity contribution in [2.45, 2.75) is 6.54 Å². The third kappa shape index (κ3) is 4.35. The molecule has 0 aliphatic heterocycles. The molecule has 0 aliphatic rings. The lowest BCUT2D eigenvalue weighted by molar-refractivity contribution is -0.121. The number of nitrogens with two attached hydrogens (primary N) is 1. The van der Waals surface area contributed by atoms with Crippen LogP contribution in [0.15, 0.2) is 74.8 Å². The molecular weight excluding hydrogens is 454 g/mol. The maximum Gasteiger partial charge on any atom is 0.335 e. The molecule has 0 fully saturated rings. The van der Waals surface area contributed by atoms with Crippen molar-refractivity contribution in [2.24, 2.45) is 5.10 Å². The first kappa shape index (κ1) is 21.6. The van der Waals surface area contributed by atoms with Crippen molar-refractivity contribution in [2.75, 3.05) is 5.73 Å². The smallest absolute Gasteiger partial charge is 0.335 e. The summed E-state index contributed by atoms with van der Waals surface area (Å²) in [6, 6.07) is 17.0. The average molecular weight is 471 g/mol. The zero-order valence-corrected chi connectivity index (χ0v) is 18.0. The van der Waals surface area contributed by atoms with Crippen LogP contribution in [-0.4, -0.2) is 43.1 Å². The fourth-order valence-corrected chi connectivity index (χ4v) is 3.50. The number of hydrazone groups is 1. The van der Waals surface area contributed by atoms with Gasteiger partial charge in [0.1, 0.15) is 18.1 Å². The maximum absolute atomic E-state index is 12.6. The number of anilines is 1. The topological polar surface area (TPSA) is 175 Å². The molecule has 35 heavy (non-hydrogen) atoms. The molecule has 0 spiro atoms. The number of aromatic carboxylic acids is 1. The summed E-state index contributed by atoms with van der Waals surface area (Å²) in [6.07, 6.45) is 1.34. The van der Waals surface area contributed by atoms with E-state index in [1.807, 2.05) is 18.2 Å². The molecule has 0 bridgehead atoms. The zero-order chi connectivity index (χ0) is 24.4. The summed E-state index contributed by atoms with van der Waals surface area (Å²) in [4.78, 5) is 28.3. The molecule has 0 unspecified atom stereocenters. The van der Waals surface area contributed by atoms with Crippen LogP contribution >= 0.6 is 0 Å². The van der Waals surface area contributed by atoms with E-state index in [2.05, 4.69) is 30.5 Å². The van der Waals surface area contributed by atoms with Gasteiger partial charge in [0.15, 0.2) is 17.3 Å². The van der Waals surface area contributed by atoms with E-state index < -0.39 is 11.9 Å². The quantitative estimate of drug-likeness (QED) is 0.238. The van der Waals surface area contributed by atoms with E-state index in [1.54, 1.807) is 34.9 Å². The van der Waals surface area contributed by atoms with E-state index in [1.165, 1.54) is 18.3 Å². The van der Waals surface area contributed by atoms with Crippen molar-refractivity contribution in [1.29, 1.82) is 0 Å². The number of nitrogens with one attached hydrogen (secondary N) is 1. The lowest BCUT2D eigenvalue weighted by Gasteiger charge is -2.06. The minimum absolute atomic E-state index is 0.0579. The number of carboxylic acids is 1. The molecule has 1 amide bonds. The first-order valence-electron chi connectivity index (χ1n) is 10.3. The Morgan fingerprint density at radius 1 is 1.11 bits per heavy atom. The summed E-state index contributed by atoms with van der Waals surface area (Å²) in [5.41, 5.74) is 10.6. The van der Waals surface area contributed by atoms with Crippen molar-refractivity contribution in [1.82, 2.24) is 25.3 Å². The van der Waals surface area contributed by atoms with E-state index in [9.17, 15) is 9.59 Å². The van der Waals surface area contributed by atoms with E-state index in [0.717, 1.165) is 0 Å². The number of aromatic nitrogens is 4. The van der Waals surface area contributed by atoms with Crippen molar-refractivity contribution in [3.8, 4) is 22.8 Å². The number of nitrogens with zero attached hydrogens (tertiary/aromatic N) is 5. The van der Waals surface area contributed by atoms with Crippen LogP contribution in [0.5, 0.6) is 0 Å². The molecule has 0 saturated heterocycles. The number of para-hydroxylation sites is 2. The summed E-state index contributed by atoms with van der Waals surface area (Å²) >= 11 is 0. The molecule has 0 aliphatic carbocycles. The van der Waals surface area contributed by atoms with Gasteiger partial charge >= 0.3 is 5.97 Å². The van der Waals surface area contributed by atoms with Gasteiger partial charge in [-0.25, -0.2) is 19.8 Å². The predicted octanol–water partition coefficient (Wildman–Crippen LogP) is 2.78. The van der Waals surface area contributed by atoms with Gasteiger partial charge in [-0.15, -0.1) is 0 Å². The molecule has 5 aromatic rings. The number of nitrogen functional groups attached to an aromatic ring is 1. The second-order valence-electron chi connectivity index (χ2n) is 7.39. The van der Waals surface area contributed by atoms with Crippen molar-refractivity contribution >= 4 is 34.9 Å². The summed E-state index contributed by atoms with van der Waals surface area (Å²) in [6.45, 7) is -0.120. The van der Waals surface area contributed by atoms with Crippen molar-refractivity contribution in [3.05, 3.63) is 72.0 Å². The van der Waals surface area contributed by atoms with Crippen LogP contribution in [0.2, 0.25) is 0 Å². The molecule has 12 heteroatoms. The van der Waals surface area contributed by atoms with Gasteiger partial charge in [-0.2, -0.15) is 5.10 Å². The van der Waals surface area contributed by atoms with Gasteiger partial charge in [0.05, 0.1) is 22.8 Å². The number of furan rings is 1. The fraction of sp³-hybridized carbons (Fsp3) is 0.0435. The van der Waals surface area contributed by atoms with E-state index in [0.29, 0.717) is 33.9 Å². The summed E-state index contributed by atoms with van der Waals surface area (Å²) < 4.78 is 12.0. The van der Waals surface area contributed by atoms with Crippen molar-refractivity contribution < 1.29 is 23.7 Å². The molecule has 0 radical (unpaired) electrons. The van der Waals surface area contributed by atoms with Gasteiger partial charge in [-0.1, -0.05) is 24.3 Å². The first-order chi connectivity index (χ1) is 17.0. The van der Waals surface area contributed by atoms with Gasteiger partial charge in [0.25, 0.3) is 5.91 Å². The molecule has 174 valence electrons. The first-order valence-corrected chi connectivity index (χ1v) is 10.3. The standard InChI is InChI=1S/C23H17N7O5/c24-21-20(28-35-29-21)22-26-16-6-1-2-7-17(16)30(22)12-19(31)27-25-11-15-8-9-18(34-15)13-4-3-5-14(10-13)23(32)33/h1-11H,12H2,(H2,24,29)(H,27,31)(H,32,33). The molecule has 3 aromatic heterocycles. The lowest BCUT2D eigenvalue weighted by Crippen LogP contribution is -2.23. The van der Waals surface area contributed by atoms with Gasteiger partial charge in [0.2, 0.25) is 0 Å². The Bertz CT molecular complexity index is 1580. The summed E-state index contributed by atoms with van der Waals surface area (Å²) in [7, 11) is 0. The van der Waals surface area contributed by atoms with Crippen LogP contribution in [0.25, 0.3) is 33.9 Å². The summed E-state index contributed by atoms with van der Waals surface area (Å²) in [5.74, 6) is -0.225. The Balaban J connectivity index is 1.31. The summed E-state index contributed by atoms with van der Waals surface area (Å²) in [5, 5.41) is 20.5. The number of amides is 1. The van der Waals surface area contributed by atoms with Crippen LogP contribution in [0.3, 0.4) is 0 Å². The molecule has 2 aromatic carbocycles. The molecule has 0 saturated carbocycles. The third-order valence-corrected chi connectivity index (χ3v) is 5.08. The number of benzene rings is 2. The number of fused-ring (bicyclic) bond motifs is 1. The molecule has 3 heterocycles. The third-order valence-electron chi connectivity index (χ3n) is 5.08.